The first-order chi connectivity index (χ1) is 10.3. The Morgan fingerprint density at radius 1 is 1.14 bits per heavy atom. The van der Waals surface area contributed by atoms with Crippen LogP contribution < -0.4 is 0 Å². The van der Waals surface area contributed by atoms with Gasteiger partial charge in [0, 0.05) is 7.05 Å². The summed E-state index contributed by atoms with van der Waals surface area (Å²) in [7, 11) is 2.78. The van der Waals surface area contributed by atoms with Gasteiger partial charge in [-0.25, -0.2) is 4.79 Å². The van der Waals surface area contributed by atoms with E-state index in [0.29, 0.717) is 5.92 Å². The van der Waals surface area contributed by atoms with Gasteiger partial charge in [0.1, 0.15) is 0 Å². The van der Waals surface area contributed by atoms with E-state index in [1.807, 2.05) is 24.3 Å². The summed E-state index contributed by atoms with van der Waals surface area (Å²) in [4.78, 5) is 24.4. The number of hydrogen-bond donors (Lipinski definition) is 0. The first-order valence-corrected chi connectivity index (χ1v) is 7.39. The van der Waals surface area contributed by atoms with E-state index in [9.17, 15) is 9.59 Å². The number of carbonyl (C=O) groups excluding carboxylic acids is 2. The third-order valence-corrected chi connectivity index (χ3v) is 3.36. The predicted molar refractivity (Wildman–Crippen MR) is 84.5 cm³/mol. The van der Waals surface area contributed by atoms with Crippen LogP contribution >= 0.6 is 0 Å². The van der Waals surface area contributed by atoms with Crippen LogP contribution in [0.5, 0.6) is 0 Å². The second-order valence-corrected chi connectivity index (χ2v) is 5.82. The zero-order chi connectivity index (χ0) is 16.7. The van der Waals surface area contributed by atoms with Crippen molar-refractivity contribution in [3.63, 3.8) is 0 Å². The molecule has 0 N–H and O–H groups in total. The molecular weight excluding hydrogens is 282 g/mol. The van der Waals surface area contributed by atoms with Crippen molar-refractivity contribution in [2.24, 2.45) is 5.92 Å². The molecule has 0 bridgehead atoms. The number of benzene rings is 1. The van der Waals surface area contributed by atoms with Crippen LogP contribution in [-0.2, 0) is 20.7 Å². The van der Waals surface area contributed by atoms with Gasteiger partial charge in [-0.15, -0.1) is 0 Å². The SMILES string of the molecule is COC(=O)N(C)COC(=O)C(C)c1ccc(CC(C)C)cc1. The van der Waals surface area contributed by atoms with Crippen LogP contribution in [0.3, 0.4) is 0 Å². The average Bonchev–Trinajstić information content (AvgIpc) is 2.50. The Bertz CT molecular complexity index is 496. The highest BCUT2D eigenvalue weighted by Crippen LogP contribution is 2.19. The quantitative estimate of drug-likeness (QED) is 0.598. The summed E-state index contributed by atoms with van der Waals surface area (Å²) in [5, 5.41) is 0. The summed E-state index contributed by atoms with van der Waals surface area (Å²) in [6.45, 7) is 6.01. The van der Waals surface area contributed by atoms with Gasteiger partial charge in [-0.05, 0) is 30.4 Å². The van der Waals surface area contributed by atoms with Crippen molar-refractivity contribution in [2.45, 2.75) is 33.1 Å². The summed E-state index contributed by atoms with van der Waals surface area (Å²) in [6, 6.07) is 7.99. The number of hydrogen-bond acceptors (Lipinski definition) is 4. The second-order valence-electron chi connectivity index (χ2n) is 5.82. The van der Waals surface area contributed by atoms with E-state index >= 15 is 0 Å². The highest BCUT2D eigenvalue weighted by Gasteiger charge is 2.18. The van der Waals surface area contributed by atoms with Crippen LogP contribution in [0.1, 0.15) is 37.8 Å². The Hall–Kier alpha value is -2.04. The van der Waals surface area contributed by atoms with Crippen molar-refractivity contribution < 1.29 is 19.1 Å². The fourth-order valence-electron chi connectivity index (χ4n) is 2.04. The molecule has 0 aliphatic carbocycles. The van der Waals surface area contributed by atoms with Gasteiger partial charge in [0.15, 0.2) is 6.73 Å². The van der Waals surface area contributed by atoms with E-state index in [4.69, 9.17) is 4.74 Å². The van der Waals surface area contributed by atoms with Gasteiger partial charge in [0.05, 0.1) is 13.0 Å². The van der Waals surface area contributed by atoms with Gasteiger partial charge >= 0.3 is 12.1 Å². The fraction of sp³-hybridized carbons (Fsp3) is 0.529. The molecule has 5 heteroatoms. The molecule has 0 aliphatic rings. The van der Waals surface area contributed by atoms with Crippen molar-refractivity contribution in [1.29, 1.82) is 0 Å². The Balaban J connectivity index is 2.57. The zero-order valence-electron chi connectivity index (χ0n) is 14.0. The molecule has 1 aromatic rings. The molecule has 0 fully saturated rings. The van der Waals surface area contributed by atoms with Gasteiger partial charge in [-0.1, -0.05) is 38.1 Å². The third kappa shape index (κ3) is 5.39. The van der Waals surface area contributed by atoms with Crippen molar-refractivity contribution in [3.8, 4) is 0 Å². The molecule has 1 atom stereocenters. The van der Waals surface area contributed by atoms with Crippen LogP contribution in [0.25, 0.3) is 0 Å². The van der Waals surface area contributed by atoms with Gasteiger partial charge in [-0.2, -0.15) is 0 Å². The third-order valence-electron chi connectivity index (χ3n) is 3.36. The smallest absolute Gasteiger partial charge is 0.411 e. The Labute approximate surface area is 132 Å². The van der Waals surface area contributed by atoms with Crippen molar-refractivity contribution in [3.05, 3.63) is 35.4 Å². The molecular formula is C17H25NO4. The predicted octanol–water partition coefficient (Wildman–Crippen LogP) is 3.19. The Morgan fingerprint density at radius 3 is 2.23 bits per heavy atom. The van der Waals surface area contributed by atoms with Gasteiger partial charge in [-0.3, -0.25) is 9.69 Å². The van der Waals surface area contributed by atoms with Crippen molar-refractivity contribution in [1.82, 2.24) is 4.90 Å². The van der Waals surface area contributed by atoms with E-state index in [0.717, 1.165) is 12.0 Å². The minimum absolute atomic E-state index is 0.124. The minimum Gasteiger partial charge on any atom is -0.453 e. The number of ether oxygens (including phenoxy) is 2. The zero-order valence-corrected chi connectivity index (χ0v) is 14.0. The monoisotopic (exact) mass is 307 g/mol. The molecule has 0 spiro atoms. The summed E-state index contributed by atoms with van der Waals surface area (Å²) in [6.07, 6.45) is 0.474. The van der Waals surface area contributed by atoms with Crippen LogP contribution in [0.4, 0.5) is 4.79 Å². The average molecular weight is 307 g/mol. The molecule has 0 aliphatic heterocycles. The highest BCUT2D eigenvalue weighted by atomic mass is 16.6. The molecule has 0 aromatic heterocycles. The molecule has 0 saturated carbocycles. The molecule has 1 amide bonds. The highest BCUT2D eigenvalue weighted by molar-refractivity contribution is 5.78. The maximum atomic E-state index is 12.0. The molecule has 0 radical (unpaired) electrons. The van der Waals surface area contributed by atoms with E-state index in [1.54, 1.807) is 6.92 Å². The van der Waals surface area contributed by atoms with Crippen molar-refractivity contribution in [2.75, 3.05) is 20.9 Å². The normalized spacial score (nSPS) is 11.9. The maximum absolute atomic E-state index is 12.0. The number of carbonyl (C=O) groups is 2. The Morgan fingerprint density at radius 2 is 1.73 bits per heavy atom. The lowest BCUT2D eigenvalue weighted by atomic mass is 9.97. The van der Waals surface area contributed by atoms with Crippen LogP contribution in [0.15, 0.2) is 24.3 Å². The fourth-order valence-corrected chi connectivity index (χ4v) is 2.04. The number of nitrogens with zero attached hydrogens (tertiary/aromatic N) is 1. The number of rotatable bonds is 6. The van der Waals surface area contributed by atoms with E-state index in [2.05, 4.69) is 18.6 Å². The molecule has 1 unspecified atom stereocenters. The topological polar surface area (TPSA) is 55.8 Å². The Kier molecular flexibility index (Phi) is 6.89. The van der Waals surface area contributed by atoms with E-state index < -0.39 is 6.09 Å². The number of methoxy groups -OCH3 is 1. The molecule has 0 saturated heterocycles. The number of amides is 1. The van der Waals surface area contributed by atoms with Crippen LogP contribution in [0, 0.1) is 5.92 Å². The van der Waals surface area contributed by atoms with E-state index in [-0.39, 0.29) is 18.6 Å². The molecule has 1 aromatic carbocycles. The van der Waals surface area contributed by atoms with Crippen molar-refractivity contribution >= 4 is 12.1 Å². The van der Waals surface area contributed by atoms with Gasteiger partial charge in [0.25, 0.3) is 0 Å². The van der Waals surface area contributed by atoms with E-state index in [1.165, 1.54) is 24.6 Å². The standard InChI is InChI=1S/C17H25NO4/c1-12(2)10-14-6-8-15(9-7-14)13(3)16(19)22-11-18(4)17(20)21-5/h6-9,12-13H,10-11H2,1-5H3. The van der Waals surface area contributed by atoms with Crippen LogP contribution in [0.2, 0.25) is 0 Å². The first kappa shape index (κ1) is 18.0. The minimum atomic E-state index is -0.543. The summed E-state index contributed by atoms with van der Waals surface area (Å²) in [5.41, 5.74) is 2.16. The van der Waals surface area contributed by atoms with Gasteiger partial charge < -0.3 is 9.47 Å². The molecule has 22 heavy (non-hydrogen) atoms. The molecule has 5 nitrogen and oxygen atoms in total. The first-order valence-electron chi connectivity index (χ1n) is 7.39. The summed E-state index contributed by atoms with van der Waals surface area (Å²) < 4.78 is 9.65. The lowest BCUT2D eigenvalue weighted by molar-refractivity contribution is -0.148. The molecule has 122 valence electrons. The van der Waals surface area contributed by atoms with Crippen LogP contribution in [-0.4, -0.2) is 37.9 Å². The summed E-state index contributed by atoms with van der Waals surface area (Å²) >= 11 is 0. The largest absolute Gasteiger partial charge is 0.453 e. The molecule has 0 heterocycles. The van der Waals surface area contributed by atoms with Gasteiger partial charge in [0.2, 0.25) is 0 Å². The second kappa shape index (κ2) is 8.41. The number of esters is 1. The maximum Gasteiger partial charge on any atom is 0.411 e. The molecule has 1 rings (SSSR count). The summed E-state index contributed by atoms with van der Waals surface area (Å²) in [5.74, 6) is -0.145. The lowest BCUT2D eigenvalue weighted by Crippen LogP contribution is -2.31. The lowest BCUT2D eigenvalue weighted by Gasteiger charge is -2.17.